The van der Waals surface area contributed by atoms with Crippen LogP contribution in [0.2, 0.25) is 0 Å². The van der Waals surface area contributed by atoms with Gasteiger partial charge < -0.3 is 18.3 Å². The molecule has 1 aromatic rings. The van der Waals surface area contributed by atoms with E-state index >= 15 is 0 Å². The number of benzene rings is 1. The summed E-state index contributed by atoms with van der Waals surface area (Å²) in [5.41, 5.74) is 1.11. The van der Waals surface area contributed by atoms with Crippen LogP contribution in [0, 0.1) is 5.92 Å². The van der Waals surface area contributed by atoms with Gasteiger partial charge in [-0.05, 0) is 5.56 Å². The zero-order chi connectivity index (χ0) is 13.8. The van der Waals surface area contributed by atoms with Gasteiger partial charge in [-0.1, -0.05) is 37.3 Å². The van der Waals surface area contributed by atoms with E-state index in [0.29, 0.717) is 0 Å². The molecule has 4 nitrogen and oxygen atoms in total. The van der Waals surface area contributed by atoms with Gasteiger partial charge in [-0.3, -0.25) is 0 Å². The maximum absolute atomic E-state index is 6.00. The number of rotatable bonds is 4. The number of hydrogen-bond donors (Lipinski definition) is 0. The molecule has 0 N–H and O–H groups in total. The molecule has 1 aliphatic heterocycles. The third-order valence-corrected chi connectivity index (χ3v) is 4.34. The van der Waals surface area contributed by atoms with Crippen LogP contribution < -0.4 is 0 Å². The summed E-state index contributed by atoms with van der Waals surface area (Å²) < 4.78 is 22.2. The first-order valence-corrected chi connectivity index (χ1v) is 7.41. The molecule has 1 aromatic carbocycles. The van der Waals surface area contributed by atoms with Crippen LogP contribution in [0.25, 0.3) is 0 Å². The summed E-state index contributed by atoms with van der Waals surface area (Å²) in [7, 11) is 6.78. The third-order valence-electron chi connectivity index (χ3n) is 3.45. The minimum atomic E-state index is -0.491. The molecule has 0 radical (unpaired) electrons. The monoisotopic (exact) mass is 320 g/mol. The Kier molecular flexibility index (Phi) is 6.11. The molecule has 2 rings (SSSR count). The molecule has 19 heavy (non-hydrogen) atoms. The van der Waals surface area contributed by atoms with Crippen molar-refractivity contribution in [1.82, 2.24) is 0 Å². The lowest BCUT2D eigenvalue weighted by Crippen LogP contribution is -2.51. The predicted molar refractivity (Wildman–Crippen MR) is 83.2 cm³/mol. The fourth-order valence-electron chi connectivity index (χ4n) is 2.45. The van der Waals surface area contributed by atoms with E-state index in [4.69, 9.17) is 18.3 Å². The quantitative estimate of drug-likeness (QED) is 0.800. The average molecular weight is 320 g/mol. The van der Waals surface area contributed by atoms with Gasteiger partial charge in [0.25, 0.3) is 0 Å². The standard InChI is InChI=1S/C12H19O4P3/c1-7-9(8-5-3-2-4-6-8)13-12(16-19)11(15-18)10(7)14-17/h2-7,9-12H,17-19H2,1H3/t7-,9?,10+,11-,12?/m0/s1. The van der Waals surface area contributed by atoms with Crippen molar-refractivity contribution in [2.24, 2.45) is 5.92 Å². The Balaban J connectivity index is 2.26. The second kappa shape index (κ2) is 7.38. The first kappa shape index (κ1) is 15.7. The molecule has 0 bridgehead atoms. The predicted octanol–water partition coefficient (Wildman–Crippen LogP) is 2.88. The lowest BCUT2D eigenvalue weighted by atomic mass is 9.87. The topological polar surface area (TPSA) is 36.9 Å². The van der Waals surface area contributed by atoms with Gasteiger partial charge in [-0.25, -0.2) is 0 Å². The summed E-state index contributed by atoms with van der Waals surface area (Å²) in [5.74, 6) is 0.141. The molecule has 1 heterocycles. The molecule has 106 valence electrons. The second-order valence-electron chi connectivity index (χ2n) is 4.53. The van der Waals surface area contributed by atoms with Gasteiger partial charge >= 0.3 is 0 Å². The summed E-state index contributed by atoms with van der Waals surface area (Å²) >= 11 is 0. The zero-order valence-corrected chi connectivity index (χ0v) is 14.1. The van der Waals surface area contributed by atoms with Crippen molar-refractivity contribution in [3.63, 3.8) is 0 Å². The summed E-state index contributed by atoms with van der Waals surface area (Å²) in [6, 6.07) is 10.1. The van der Waals surface area contributed by atoms with E-state index in [1.54, 1.807) is 0 Å². The molecule has 0 spiro atoms. The Labute approximate surface area is 120 Å². The lowest BCUT2D eigenvalue weighted by molar-refractivity contribution is -0.238. The van der Waals surface area contributed by atoms with Gasteiger partial charge in [-0.2, -0.15) is 0 Å². The third kappa shape index (κ3) is 3.34. The van der Waals surface area contributed by atoms with Gasteiger partial charge in [-0.15, -0.1) is 0 Å². The molecule has 5 unspecified atom stereocenters. The highest BCUT2D eigenvalue weighted by atomic mass is 31.0. The van der Waals surface area contributed by atoms with Crippen LogP contribution in [-0.4, -0.2) is 18.5 Å². The SMILES string of the molecule is C[C@H]1C(c2ccccc2)OC(OP)[C@@H](OP)[C@@H]1OP. The summed E-state index contributed by atoms with van der Waals surface area (Å²) in [6.07, 6.45) is -1.01. The van der Waals surface area contributed by atoms with Crippen LogP contribution in [0.4, 0.5) is 0 Å². The van der Waals surface area contributed by atoms with Crippen LogP contribution in [0.5, 0.6) is 0 Å². The van der Waals surface area contributed by atoms with Crippen LogP contribution in [0.3, 0.4) is 0 Å². The van der Waals surface area contributed by atoms with Crippen molar-refractivity contribution in [1.29, 1.82) is 0 Å². The largest absolute Gasteiger partial charge is 0.359 e. The number of ether oxygens (including phenoxy) is 1. The van der Waals surface area contributed by atoms with Crippen LogP contribution >= 0.6 is 28.4 Å². The lowest BCUT2D eigenvalue weighted by Gasteiger charge is -2.43. The Bertz CT molecular complexity index is 392. The molecule has 0 amide bonds. The van der Waals surface area contributed by atoms with E-state index in [9.17, 15) is 0 Å². The molecule has 7 heteroatoms. The van der Waals surface area contributed by atoms with Gasteiger partial charge in [0.1, 0.15) is 6.10 Å². The van der Waals surface area contributed by atoms with Crippen molar-refractivity contribution in [3.8, 4) is 0 Å². The van der Waals surface area contributed by atoms with Gasteiger partial charge in [0.05, 0.1) is 12.2 Å². The van der Waals surface area contributed by atoms with E-state index in [1.165, 1.54) is 0 Å². The second-order valence-corrected chi connectivity index (χ2v) is 5.35. The maximum Gasteiger partial charge on any atom is 0.190 e. The fourth-order valence-corrected chi connectivity index (χ4v) is 3.35. The molecule has 0 aromatic heterocycles. The number of hydrogen-bond acceptors (Lipinski definition) is 4. The molecular weight excluding hydrogens is 301 g/mol. The Morgan fingerprint density at radius 3 is 2.11 bits per heavy atom. The average Bonchev–Trinajstić information content (AvgIpc) is 2.47. The summed E-state index contributed by atoms with van der Waals surface area (Å²) in [4.78, 5) is 0. The van der Waals surface area contributed by atoms with Crippen molar-refractivity contribution in [2.75, 3.05) is 0 Å². The van der Waals surface area contributed by atoms with Gasteiger partial charge in [0, 0.05) is 34.3 Å². The fraction of sp³-hybridized carbons (Fsp3) is 0.500. The van der Waals surface area contributed by atoms with Gasteiger partial charge in [0.2, 0.25) is 0 Å². The van der Waals surface area contributed by atoms with E-state index < -0.39 is 6.29 Å². The normalized spacial score (nSPS) is 35.3. The van der Waals surface area contributed by atoms with Crippen molar-refractivity contribution in [2.45, 2.75) is 31.5 Å². The maximum atomic E-state index is 6.00. The molecule has 0 aliphatic carbocycles. The van der Waals surface area contributed by atoms with Crippen molar-refractivity contribution in [3.05, 3.63) is 35.9 Å². The highest BCUT2D eigenvalue weighted by Gasteiger charge is 2.45. The molecule has 1 aliphatic rings. The molecule has 0 saturated carbocycles. The summed E-state index contributed by atoms with van der Waals surface area (Å²) in [6.45, 7) is 2.09. The van der Waals surface area contributed by atoms with Crippen molar-refractivity contribution >= 4 is 28.4 Å². The molecular formula is C12H19O4P3. The smallest absolute Gasteiger partial charge is 0.190 e. The van der Waals surface area contributed by atoms with E-state index in [1.807, 2.05) is 30.3 Å². The van der Waals surface area contributed by atoms with Crippen LogP contribution in [-0.2, 0) is 18.3 Å². The molecule has 8 atom stereocenters. The Morgan fingerprint density at radius 1 is 0.947 bits per heavy atom. The molecule has 1 fully saturated rings. The highest BCUT2D eigenvalue weighted by Crippen LogP contribution is 2.41. The summed E-state index contributed by atoms with van der Waals surface area (Å²) in [5, 5.41) is 0. The zero-order valence-electron chi connectivity index (χ0n) is 10.6. The Morgan fingerprint density at radius 2 is 1.58 bits per heavy atom. The first-order chi connectivity index (χ1) is 9.22. The van der Waals surface area contributed by atoms with E-state index in [2.05, 4.69) is 35.3 Å². The van der Waals surface area contributed by atoms with E-state index in [-0.39, 0.29) is 24.2 Å². The van der Waals surface area contributed by atoms with Crippen LogP contribution in [0.15, 0.2) is 30.3 Å². The minimum absolute atomic E-state index is 0.0892. The Hall–Kier alpha value is 0.350. The minimum Gasteiger partial charge on any atom is -0.359 e. The first-order valence-electron chi connectivity index (χ1n) is 6.00. The van der Waals surface area contributed by atoms with Crippen molar-refractivity contribution < 1.29 is 18.3 Å². The highest BCUT2D eigenvalue weighted by molar-refractivity contribution is 7.10. The van der Waals surface area contributed by atoms with E-state index in [0.717, 1.165) is 5.56 Å². The van der Waals surface area contributed by atoms with Gasteiger partial charge in [0.15, 0.2) is 6.29 Å². The molecule has 1 saturated heterocycles. The van der Waals surface area contributed by atoms with Crippen LogP contribution in [0.1, 0.15) is 18.6 Å².